The molecule has 0 aromatic heterocycles. The van der Waals surface area contributed by atoms with E-state index in [4.69, 9.17) is 4.74 Å². The largest absolute Gasteiger partial charge is 0.381 e. The summed E-state index contributed by atoms with van der Waals surface area (Å²) in [6.45, 7) is 0. The van der Waals surface area contributed by atoms with Crippen LogP contribution in [0.5, 0.6) is 0 Å². The van der Waals surface area contributed by atoms with Crippen LogP contribution in [0.1, 0.15) is 19.3 Å². The van der Waals surface area contributed by atoms with Gasteiger partial charge in [0.05, 0.1) is 6.10 Å². The van der Waals surface area contributed by atoms with Crippen molar-refractivity contribution in [2.75, 3.05) is 14.2 Å². The minimum atomic E-state index is 0.105. The van der Waals surface area contributed by atoms with Crippen LogP contribution in [-0.4, -0.2) is 31.8 Å². The van der Waals surface area contributed by atoms with E-state index in [-0.39, 0.29) is 17.9 Å². The van der Waals surface area contributed by atoms with Gasteiger partial charge >= 0.3 is 0 Å². The van der Waals surface area contributed by atoms with E-state index >= 15 is 0 Å². The van der Waals surface area contributed by atoms with Gasteiger partial charge in [-0.15, -0.1) is 9.24 Å². The van der Waals surface area contributed by atoms with Crippen LogP contribution in [0.25, 0.3) is 0 Å². The first-order chi connectivity index (χ1) is 6.19. The summed E-state index contributed by atoms with van der Waals surface area (Å²) < 4.78 is 5.28. The third-order valence-electron chi connectivity index (χ3n) is 2.77. The van der Waals surface area contributed by atoms with E-state index in [0.29, 0.717) is 5.66 Å². The molecule has 1 fully saturated rings. The summed E-state index contributed by atoms with van der Waals surface area (Å²) >= 11 is 0. The highest BCUT2D eigenvalue weighted by Gasteiger charge is 2.32. The smallest absolute Gasteiger partial charge is 0.223 e. The fourth-order valence-corrected chi connectivity index (χ4v) is 2.38. The highest BCUT2D eigenvalue weighted by atomic mass is 31.0. The number of amides is 1. The second-order valence-corrected chi connectivity index (χ2v) is 4.41. The SMILES string of the molecule is CNC(=O)C1CC(OC)CC[C@@H]1P. The lowest BCUT2D eigenvalue weighted by molar-refractivity contribution is -0.126. The van der Waals surface area contributed by atoms with Gasteiger partial charge in [-0.2, -0.15) is 0 Å². The Morgan fingerprint density at radius 1 is 1.54 bits per heavy atom. The molecular formula is C9H18NO2P. The Morgan fingerprint density at radius 3 is 2.77 bits per heavy atom. The first-order valence-corrected chi connectivity index (χ1v) is 5.35. The van der Waals surface area contributed by atoms with Gasteiger partial charge in [0, 0.05) is 20.1 Å². The van der Waals surface area contributed by atoms with Crippen LogP contribution in [0.4, 0.5) is 0 Å². The molecular weight excluding hydrogens is 185 g/mol. The van der Waals surface area contributed by atoms with Gasteiger partial charge in [0.15, 0.2) is 0 Å². The van der Waals surface area contributed by atoms with Crippen LogP contribution in [-0.2, 0) is 9.53 Å². The Balaban J connectivity index is 2.54. The lowest BCUT2D eigenvalue weighted by atomic mass is 9.86. The Morgan fingerprint density at radius 2 is 2.23 bits per heavy atom. The van der Waals surface area contributed by atoms with Gasteiger partial charge in [0.25, 0.3) is 0 Å². The van der Waals surface area contributed by atoms with Gasteiger partial charge in [-0.25, -0.2) is 0 Å². The van der Waals surface area contributed by atoms with Gasteiger partial charge in [-0.1, -0.05) is 0 Å². The molecule has 76 valence electrons. The topological polar surface area (TPSA) is 38.3 Å². The highest BCUT2D eigenvalue weighted by molar-refractivity contribution is 7.17. The van der Waals surface area contributed by atoms with Crippen LogP contribution < -0.4 is 5.32 Å². The third kappa shape index (κ3) is 2.65. The zero-order valence-corrected chi connectivity index (χ0v) is 9.40. The van der Waals surface area contributed by atoms with Gasteiger partial charge in [0.1, 0.15) is 0 Å². The predicted octanol–water partition coefficient (Wildman–Crippen LogP) is 0.791. The molecule has 0 saturated heterocycles. The van der Waals surface area contributed by atoms with E-state index in [0.717, 1.165) is 19.3 Å². The van der Waals surface area contributed by atoms with Crippen LogP contribution in [0.3, 0.4) is 0 Å². The Labute approximate surface area is 81.8 Å². The zero-order chi connectivity index (χ0) is 9.84. The van der Waals surface area contributed by atoms with E-state index in [1.807, 2.05) is 0 Å². The summed E-state index contributed by atoms with van der Waals surface area (Å²) in [5.41, 5.74) is 0.409. The molecule has 13 heavy (non-hydrogen) atoms. The molecule has 4 atom stereocenters. The van der Waals surface area contributed by atoms with Crippen molar-refractivity contribution < 1.29 is 9.53 Å². The Bertz CT molecular complexity index is 186. The summed E-state index contributed by atoms with van der Waals surface area (Å²) in [6, 6.07) is 0. The van der Waals surface area contributed by atoms with Crippen LogP contribution in [0, 0.1) is 5.92 Å². The lowest BCUT2D eigenvalue weighted by Crippen LogP contribution is -2.39. The number of ether oxygens (including phenoxy) is 1. The van der Waals surface area contributed by atoms with Crippen molar-refractivity contribution in [2.24, 2.45) is 5.92 Å². The average molecular weight is 203 g/mol. The standard InChI is InChI=1S/C9H18NO2P/c1-10-9(11)7-5-6(12-2)3-4-8(7)13/h6-8H,3-5,13H2,1-2H3,(H,10,11)/t6?,7?,8-/m0/s1. The first kappa shape index (κ1) is 10.9. The summed E-state index contributed by atoms with van der Waals surface area (Å²) in [6.07, 6.45) is 3.24. The number of rotatable bonds is 2. The molecule has 1 N–H and O–H groups in total. The number of hydrogen-bond donors (Lipinski definition) is 1. The van der Waals surface area contributed by atoms with E-state index in [9.17, 15) is 4.79 Å². The molecule has 4 heteroatoms. The van der Waals surface area contributed by atoms with Gasteiger partial charge in [0.2, 0.25) is 5.91 Å². The number of carbonyl (C=O) groups excluding carboxylic acids is 1. The molecule has 1 aliphatic carbocycles. The molecule has 3 nitrogen and oxygen atoms in total. The maximum atomic E-state index is 11.5. The van der Waals surface area contributed by atoms with Crippen LogP contribution in [0.15, 0.2) is 0 Å². The molecule has 3 unspecified atom stereocenters. The molecule has 0 spiro atoms. The fourth-order valence-electron chi connectivity index (χ4n) is 1.86. The highest BCUT2D eigenvalue weighted by Crippen LogP contribution is 2.31. The van der Waals surface area contributed by atoms with Crippen LogP contribution in [0.2, 0.25) is 0 Å². The van der Waals surface area contributed by atoms with Crippen molar-refractivity contribution in [3.63, 3.8) is 0 Å². The predicted molar refractivity (Wildman–Crippen MR) is 55.7 cm³/mol. The molecule has 1 aliphatic rings. The fraction of sp³-hybridized carbons (Fsp3) is 0.889. The van der Waals surface area contributed by atoms with Crippen molar-refractivity contribution in [1.82, 2.24) is 5.32 Å². The van der Waals surface area contributed by atoms with Crippen molar-refractivity contribution in [3.8, 4) is 0 Å². The molecule has 1 amide bonds. The summed E-state index contributed by atoms with van der Waals surface area (Å²) in [4.78, 5) is 11.5. The minimum Gasteiger partial charge on any atom is -0.381 e. The molecule has 0 aromatic rings. The Kier molecular flexibility index (Phi) is 4.14. The van der Waals surface area contributed by atoms with Gasteiger partial charge in [-0.3, -0.25) is 4.79 Å². The van der Waals surface area contributed by atoms with Crippen molar-refractivity contribution in [3.05, 3.63) is 0 Å². The lowest BCUT2D eigenvalue weighted by Gasteiger charge is -2.32. The van der Waals surface area contributed by atoms with Gasteiger partial charge in [-0.05, 0) is 24.9 Å². The maximum absolute atomic E-state index is 11.5. The number of methoxy groups -OCH3 is 1. The first-order valence-electron chi connectivity index (χ1n) is 4.69. The molecule has 0 aliphatic heterocycles. The second kappa shape index (κ2) is 4.92. The quantitative estimate of drug-likeness (QED) is 0.674. The number of nitrogens with one attached hydrogen (secondary N) is 1. The number of carbonyl (C=O) groups is 1. The van der Waals surface area contributed by atoms with Crippen molar-refractivity contribution in [2.45, 2.75) is 31.0 Å². The summed E-state index contributed by atoms with van der Waals surface area (Å²) in [5.74, 6) is 0.246. The molecule has 1 rings (SSSR count). The number of hydrogen-bond acceptors (Lipinski definition) is 2. The monoisotopic (exact) mass is 203 g/mol. The van der Waals surface area contributed by atoms with Gasteiger partial charge < -0.3 is 10.1 Å². The maximum Gasteiger partial charge on any atom is 0.223 e. The molecule has 0 bridgehead atoms. The molecule has 1 saturated carbocycles. The molecule has 0 heterocycles. The van der Waals surface area contributed by atoms with E-state index in [1.165, 1.54) is 0 Å². The summed E-state index contributed by atoms with van der Waals surface area (Å²) in [5, 5.41) is 2.70. The Hall–Kier alpha value is -0.140. The van der Waals surface area contributed by atoms with Crippen molar-refractivity contribution >= 4 is 15.1 Å². The molecule has 0 aromatic carbocycles. The average Bonchev–Trinajstić information content (AvgIpc) is 2.17. The minimum absolute atomic E-state index is 0.105. The van der Waals surface area contributed by atoms with E-state index in [1.54, 1.807) is 14.2 Å². The van der Waals surface area contributed by atoms with Crippen LogP contribution >= 0.6 is 9.24 Å². The van der Waals surface area contributed by atoms with E-state index in [2.05, 4.69) is 14.6 Å². The normalized spacial score (nSPS) is 34.2. The third-order valence-corrected chi connectivity index (χ3v) is 3.57. The van der Waals surface area contributed by atoms with E-state index < -0.39 is 0 Å². The second-order valence-electron chi connectivity index (χ2n) is 3.56. The molecule has 0 radical (unpaired) electrons. The zero-order valence-electron chi connectivity index (χ0n) is 8.25. The summed E-state index contributed by atoms with van der Waals surface area (Å²) in [7, 11) is 6.17. The van der Waals surface area contributed by atoms with Crippen molar-refractivity contribution in [1.29, 1.82) is 0 Å².